The number of rotatable bonds is 7. The smallest absolute Gasteiger partial charge is 0.318 e. The Morgan fingerprint density at radius 3 is 2.67 bits per heavy atom. The summed E-state index contributed by atoms with van der Waals surface area (Å²) in [6.45, 7) is 4.77. The summed E-state index contributed by atoms with van der Waals surface area (Å²) >= 11 is 0. The third kappa shape index (κ3) is 4.93. The molecular formula is C19H24N6O2. The van der Waals surface area contributed by atoms with Gasteiger partial charge in [0.15, 0.2) is 5.82 Å². The lowest BCUT2D eigenvalue weighted by atomic mass is 10.1. The van der Waals surface area contributed by atoms with Gasteiger partial charge >= 0.3 is 6.03 Å². The van der Waals surface area contributed by atoms with Gasteiger partial charge in [-0.05, 0) is 11.6 Å². The lowest BCUT2D eigenvalue weighted by molar-refractivity contribution is 0.199. The summed E-state index contributed by atoms with van der Waals surface area (Å²) in [5.41, 5.74) is 1.01. The van der Waals surface area contributed by atoms with E-state index in [0.29, 0.717) is 18.3 Å². The van der Waals surface area contributed by atoms with Crippen molar-refractivity contribution in [1.29, 1.82) is 0 Å². The number of hydrogen-bond acceptors (Lipinski definition) is 5. The fourth-order valence-electron chi connectivity index (χ4n) is 2.62. The second-order valence-electron chi connectivity index (χ2n) is 6.70. The lowest BCUT2D eigenvalue weighted by Gasteiger charge is -2.23. The van der Waals surface area contributed by atoms with Gasteiger partial charge in [0.05, 0.1) is 19.1 Å². The van der Waals surface area contributed by atoms with E-state index < -0.39 is 0 Å². The molecule has 2 heterocycles. The molecule has 8 nitrogen and oxygen atoms in total. The molecule has 3 rings (SSSR count). The van der Waals surface area contributed by atoms with E-state index in [1.165, 1.54) is 4.90 Å². The van der Waals surface area contributed by atoms with Gasteiger partial charge in [0.2, 0.25) is 5.89 Å². The molecule has 0 aliphatic rings. The van der Waals surface area contributed by atoms with E-state index in [2.05, 4.69) is 20.6 Å². The Kier molecular flexibility index (Phi) is 5.85. The van der Waals surface area contributed by atoms with Crippen molar-refractivity contribution in [2.45, 2.75) is 38.9 Å². The van der Waals surface area contributed by atoms with E-state index >= 15 is 0 Å². The summed E-state index contributed by atoms with van der Waals surface area (Å²) in [6.07, 6.45) is 3.59. The van der Waals surface area contributed by atoms with Crippen LogP contribution in [0.25, 0.3) is 0 Å². The number of hydrogen-bond donors (Lipinski definition) is 1. The molecule has 142 valence electrons. The number of benzene rings is 1. The summed E-state index contributed by atoms with van der Waals surface area (Å²) in [5, 5.41) is 11.2. The van der Waals surface area contributed by atoms with Crippen LogP contribution in [0.2, 0.25) is 0 Å². The quantitative estimate of drug-likeness (QED) is 0.692. The van der Waals surface area contributed by atoms with Crippen molar-refractivity contribution in [2.75, 3.05) is 7.05 Å². The van der Waals surface area contributed by atoms with Gasteiger partial charge in [0.25, 0.3) is 0 Å². The molecule has 0 bridgehead atoms. The Morgan fingerprint density at radius 1 is 1.26 bits per heavy atom. The minimum absolute atomic E-state index is 0.155. The first-order valence-electron chi connectivity index (χ1n) is 8.89. The molecule has 0 aliphatic heterocycles. The molecule has 2 aromatic heterocycles. The zero-order chi connectivity index (χ0) is 19.2. The molecule has 1 aromatic carbocycles. The van der Waals surface area contributed by atoms with Crippen LogP contribution in [0.1, 0.15) is 43.1 Å². The average molecular weight is 368 g/mol. The van der Waals surface area contributed by atoms with Gasteiger partial charge in [-0.2, -0.15) is 10.1 Å². The number of amides is 2. The number of carbonyl (C=O) groups is 1. The molecule has 0 saturated carbocycles. The monoisotopic (exact) mass is 368 g/mol. The highest BCUT2D eigenvalue weighted by Gasteiger charge is 2.20. The van der Waals surface area contributed by atoms with Crippen LogP contribution in [0.3, 0.4) is 0 Å². The van der Waals surface area contributed by atoms with Crippen LogP contribution in [-0.4, -0.2) is 37.9 Å². The highest BCUT2D eigenvalue weighted by molar-refractivity contribution is 5.74. The number of nitrogens with one attached hydrogen (secondary N) is 1. The van der Waals surface area contributed by atoms with Crippen LogP contribution in [0.5, 0.6) is 0 Å². The molecule has 1 atom stereocenters. The van der Waals surface area contributed by atoms with Crippen molar-refractivity contribution in [3.63, 3.8) is 0 Å². The Hall–Kier alpha value is -3.16. The molecule has 8 heteroatoms. The van der Waals surface area contributed by atoms with E-state index in [-0.39, 0.29) is 24.5 Å². The molecule has 0 unspecified atom stereocenters. The summed E-state index contributed by atoms with van der Waals surface area (Å²) < 4.78 is 6.99. The Morgan fingerprint density at radius 2 is 2.04 bits per heavy atom. The number of carbonyl (C=O) groups excluding carboxylic acids is 1. The molecular weight excluding hydrogens is 344 g/mol. The van der Waals surface area contributed by atoms with Crippen molar-refractivity contribution in [3.05, 3.63) is 66.1 Å². The maximum atomic E-state index is 12.7. The zero-order valence-electron chi connectivity index (χ0n) is 15.7. The molecule has 0 fully saturated rings. The van der Waals surface area contributed by atoms with Crippen LogP contribution >= 0.6 is 0 Å². The second kappa shape index (κ2) is 8.48. The largest absolute Gasteiger partial charge is 0.339 e. The SMILES string of the molecule is CC(C)c1nc(CN(C)C(=O)N[C@H](Cn2cccn2)c2ccccc2)no1. The molecule has 2 amide bonds. The normalized spacial score (nSPS) is 12.1. The zero-order valence-corrected chi connectivity index (χ0v) is 15.7. The van der Waals surface area contributed by atoms with Gasteiger partial charge in [0, 0.05) is 25.4 Å². The van der Waals surface area contributed by atoms with E-state index in [9.17, 15) is 4.79 Å². The minimum atomic E-state index is -0.216. The number of nitrogens with zero attached hydrogens (tertiary/aromatic N) is 5. The summed E-state index contributed by atoms with van der Waals surface area (Å²) in [7, 11) is 1.71. The van der Waals surface area contributed by atoms with Crippen LogP contribution < -0.4 is 5.32 Å². The summed E-state index contributed by atoms with van der Waals surface area (Å²) in [6, 6.07) is 11.3. The van der Waals surface area contributed by atoms with E-state index in [1.54, 1.807) is 17.9 Å². The van der Waals surface area contributed by atoms with E-state index in [1.807, 2.05) is 56.4 Å². The average Bonchev–Trinajstić information content (AvgIpc) is 3.34. The summed E-state index contributed by atoms with van der Waals surface area (Å²) in [4.78, 5) is 18.6. The first-order chi connectivity index (χ1) is 13.0. The van der Waals surface area contributed by atoms with E-state index in [4.69, 9.17) is 4.52 Å². The third-order valence-corrected chi connectivity index (χ3v) is 4.13. The second-order valence-corrected chi connectivity index (χ2v) is 6.70. The first kappa shape index (κ1) is 18.6. The van der Waals surface area contributed by atoms with Crippen LogP contribution in [0.15, 0.2) is 53.3 Å². The maximum absolute atomic E-state index is 12.7. The van der Waals surface area contributed by atoms with Crippen molar-refractivity contribution in [1.82, 2.24) is 30.1 Å². The standard InChI is InChI=1S/C19H24N6O2/c1-14(2)18-22-17(23-27-18)13-24(3)19(26)21-16(12-25-11-7-10-20-25)15-8-5-4-6-9-15/h4-11,14,16H,12-13H2,1-3H3,(H,21,26)/t16-/m1/s1. The predicted octanol–water partition coefficient (Wildman–Crippen LogP) is 2.97. The molecule has 3 aromatic rings. The van der Waals surface area contributed by atoms with Crippen molar-refractivity contribution >= 4 is 6.03 Å². The predicted molar refractivity (Wildman–Crippen MR) is 99.8 cm³/mol. The molecule has 0 spiro atoms. The third-order valence-electron chi connectivity index (χ3n) is 4.13. The topological polar surface area (TPSA) is 89.1 Å². The van der Waals surface area contributed by atoms with Crippen molar-refractivity contribution in [3.8, 4) is 0 Å². The van der Waals surface area contributed by atoms with Crippen LogP contribution in [0.4, 0.5) is 4.79 Å². The summed E-state index contributed by atoms with van der Waals surface area (Å²) in [5.74, 6) is 1.21. The molecule has 1 N–H and O–H groups in total. The fraction of sp³-hybridized carbons (Fsp3) is 0.368. The van der Waals surface area contributed by atoms with E-state index in [0.717, 1.165) is 5.56 Å². The van der Waals surface area contributed by atoms with Gasteiger partial charge in [0.1, 0.15) is 0 Å². The first-order valence-corrected chi connectivity index (χ1v) is 8.89. The number of aromatic nitrogens is 4. The van der Waals surface area contributed by atoms with Crippen molar-refractivity contribution in [2.24, 2.45) is 0 Å². The molecule has 0 saturated heterocycles. The lowest BCUT2D eigenvalue weighted by Crippen LogP contribution is -2.40. The maximum Gasteiger partial charge on any atom is 0.318 e. The van der Waals surface area contributed by atoms with Gasteiger partial charge < -0.3 is 14.7 Å². The van der Waals surface area contributed by atoms with Crippen molar-refractivity contribution < 1.29 is 9.32 Å². The highest BCUT2D eigenvalue weighted by Crippen LogP contribution is 2.16. The fourth-order valence-corrected chi connectivity index (χ4v) is 2.62. The Bertz CT molecular complexity index is 844. The Balaban J connectivity index is 1.67. The van der Waals surface area contributed by atoms with Gasteiger partial charge in [-0.25, -0.2) is 4.79 Å². The molecule has 27 heavy (non-hydrogen) atoms. The number of urea groups is 1. The molecule has 0 aliphatic carbocycles. The highest BCUT2D eigenvalue weighted by atomic mass is 16.5. The van der Waals surface area contributed by atoms with Crippen LogP contribution in [0, 0.1) is 0 Å². The Labute approximate surface area is 158 Å². The van der Waals surface area contributed by atoms with Crippen LogP contribution in [-0.2, 0) is 13.1 Å². The minimum Gasteiger partial charge on any atom is -0.339 e. The van der Waals surface area contributed by atoms with Gasteiger partial charge in [-0.3, -0.25) is 4.68 Å². The van der Waals surface area contributed by atoms with Gasteiger partial charge in [-0.15, -0.1) is 0 Å². The molecule has 0 radical (unpaired) electrons. The van der Waals surface area contributed by atoms with Gasteiger partial charge in [-0.1, -0.05) is 49.3 Å².